The van der Waals surface area contributed by atoms with Gasteiger partial charge < -0.3 is 4.74 Å². The molecule has 0 saturated heterocycles. The SMILES string of the molecule is Clc1cccc(OCc2nnc(Cl)s2)c1. The predicted octanol–water partition coefficient (Wildman–Crippen LogP) is 3.42. The van der Waals surface area contributed by atoms with Gasteiger partial charge >= 0.3 is 0 Å². The second kappa shape index (κ2) is 4.79. The lowest BCUT2D eigenvalue weighted by Gasteiger charge is -2.02. The minimum absolute atomic E-state index is 0.352. The predicted molar refractivity (Wildman–Crippen MR) is 60.7 cm³/mol. The molecular weight excluding hydrogens is 255 g/mol. The third-order valence-electron chi connectivity index (χ3n) is 1.60. The summed E-state index contributed by atoms with van der Waals surface area (Å²) in [6, 6.07) is 7.18. The summed E-state index contributed by atoms with van der Waals surface area (Å²) in [5.41, 5.74) is 0. The summed E-state index contributed by atoms with van der Waals surface area (Å²) in [5, 5.41) is 8.88. The highest BCUT2D eigenvalue weighted by molar-refractivity contribution is 7.15. The fourth-order valence-corrected chi connectivity index (χ4v) is 1.95. The number of hydrogen-bond acceptors (Lipinski definition) is 4. The normalized spacial score (nSPS) is 10.3. The van der Waals surface area contributed by atoms with Crippen molar-refractivity contribution in [2.75, 3.05) is 0 Å². The van der Waals surface area contributed by atoms with Gasteiger partial charge in [-0.05, 0) is 29.8 Å². The standard InChI is InChI=1S/C9H6Cl2N2OS/c10-6-2-1-3-7(4-6)14-5-8-12-13-9(11)15-8/h1-4H,5H2. The number of hydrogen-bond donors (Lipinski definition) is 0. The topological polar surface area (TPSA) is 35.0 Å². The maximum atomic E-state index is 5.80. The van der Waals surface area contributed by atoms with E-state index < -0.39 is 0 Å². The first-order chi connectivity index (χ1) is 7.24. The summed E-state index contributed by atoms with van der Waals surface area (Å²) in [5.74, 6) is 0.703. The number of halogens is 2. The molecular formula is C9H6Cl2N2OS. The third-order valence-corrected chi connectivity index (χ3v) is 2.83. The van der Waals surface area contributed by atoms with Crippen LogP contribution in [-0.2, 0) is 6.61 Å². The zero-order chi connectivity index (χ0) is 10.7. The van der Waals surface area contributed by atoms with Gasteiger partial charge in [0.25, 0.3) is 0 Å². The van der Waals surface area contributed by atoms with Crippen LogP contribution in [0.1, 0.15) is 5.01 Å². The Morgan fingerprint density at radius 3 is 2.80 bits per heavy atom. The molecule has 1 aromatic carbocycles. The fourth-order valence-electron chi connectivity index (χ4n) is 0.993. The maximum Gasteiger partial charge on any atom is 0.207 e. The molecule has 0 saturated carbocycles. The number of rotatable bonds is 3. The monoisotopic (exact) mass is 260 g/mol. The van der Waals surface area contributed by atoms with Crippen molar-refractivity contribution in [3.8, 4) is 5.75 Å². The molecule has 6 heteroatoms. The van der Waals surface area contributed by atoms with Gasteiger partial charge in [-0.15, -0.1) is 10.2 Å². The second-order valence-electron chi connectivity index (χ2n) is 2.69. The molecule has 0 fully saturated rings. The Morgan fingerprint density at radius 2 is 2.13 bits per heavy atom. The van der Waals surface area contributed by atoms with Crippen LogP contribution in [-0.4, -0.2) is 10.2 Å². The van der Waals surface area contributed by atoms with Gasteiger partial charge in [-0.2, -0.15) is 0 Å². The van der Waals surface area contributed by atoms with E-state index in [9.17, 15) is 0 Å². The van der Waals surface area contributed by atoms with E-state index >= 15 is 0 Å². The molecule has 2 rings (SSSR count). The van der Waals surface area contributed by atoms with Crippen LogP contribution in [0.2, 0.25) is 9.49 Å². The summed E-state index contributed by atoms with van der Waals surface area (Å²) in [6.07, 6.45) is 0. The maximum absolute atomic E-state index is 5.80. The van der Waals surface area contributed by atoms with E-state index in [1.165, 1.54) is 11.3 Å². The summed E-state index contributed by atoms with van der Waals surface area (Å²) in [6.45, 7) is 0.352. The van der Waals surface area contributed by atoms with E-state index in [0.29, 0.717) is 21.8 Å². The first-order valence-electron chi connectivity index (χ1n) is 4.10. The van der Waals surface area contributed by atoms with Gasteiger partial charge in [-0.25, -0.2) is 0 Å². The van der Waals surface area contributed by atoms with Crippen LogP contribution in [0.3, 0.4) is 0 Å². The Kier molecular flexibility index (Phi) is 3.41. The average molecular weight is 261 g/mol. The third kappa shape index (κ3) is 3.06. The quantitative estimate of drug-likeness (QED) is 0.849. The summed E-state index contributed by atoms with van der Waals surface area (Å²) in [7, 11) is 0. The Balaban J connectivity index is 1.99. The first kappa shape index (κ1) is 10.7. The van der Waals surface area contributed by atoms with Crippen molar-refractivity contribution >= 4 is 34.5 Å². The number of nitrogens with zero attached hydrogens (tertiary/aromatic N) is 2. The summed E-state index contributed by atoms with van der Waals surface area (Å²) >= 11 is 12.7. The van der Waals surface area contributed by atoms with Gasteiger partial charge in [0.05, 0.1) is 0 Å². The molecule has 1 aromatic heterocycles. The number of ether oxygens (including phenoxy) is 1. The van der Waals surface area contributed by atoms with Crippen molar-refractivity contribution in [2.45, 2.75) is 6.61 Å². The number of benzene rings is 1. The molecule has 0 N–H and O–H groups in total. The van der Waals surface area contributed by atoms with Crippen molar-refractivity contribution in [2.24, 2.45) is 0 Å². The highest BCUT2D eigenvalue weighted by Crippen LogP contribution is 2.20. The van der Waals surface area contributed by atoms with Crippen molar-refractivity contribution in [3.05, 3.63) is 38.8 Å². The molecule has 0 aliphatic heterocycles. The van der Waals surface area contributed by atoms with Crippen molar-refractivity contribution < 1.29 is 4.74 Å². The van der Waals surface area contributed by atoms with Crippen LogP contribution in [0.4, 0.5) is 0 Å². The van der Waals surface area contributed by atoms with E-state index in [4.69, 9.17) is 27.9 Å². The molecule has 78 valence electrons. The van der Waals surface area contributed by atoms with Crippen LogP contribution < -0.4 is 4.74 Å². The number of aromatic nitrogens is 2. The zero-order valence-corrected chi connectivity index (χ0v) is 9.81. The molecule has 1 heterocycles. The van der Waals surface area contributed by atoms with Crippen LogP contribution in [0, 0.1) is 0 Å². The van der Waals surface area contributed by atoms with E-state index in [-0.39, 0.29) is 0 Å². The van der Waals surface area contributed by atoms with E-state index in [2.05, 4.69) is 10.2 Å². The van der Waals surface area contributed by atoms with Gasteiger partial charge in [-0.3, -0.25) is 0 Å². The lowest BCUT2D eigenvalue weighted by Crippen LogP contribution is -1.94. The lowest BCUT2D eigenvalue weighted by atomic mass is 10.3. The summed E-state index contributed by atoms with van der Waals surface area (Å²) in [4.78, 5) is 0. The molecule has 0 unspecified atom stereocenters. The average Bonchev–Trinajstić information content (AvgIpc) is 2.62. The minimum Gasteiger partial charge on any atom is -0.486 e. The summed E-state index contributed by atoms with van der Waals surface area (Å²) < 4.78 is 5.87. The molecule has 15 heavy (non-hydrogen) atoms. The molecule has 3 nitrogen and oxygen atoms in total. The zero-order valence-electron chi connectivity index (χ0n) is 7.48. The van der Waals surface area contributed by atoms with E-state index in [0.717, 1.165) is 5.01 Å². The second-order valence-corrected chi connectivity index (χ2v) is 4.78. The van der Waals surface area contributed by atoms with E-state index in [1.807, 2.05) is 12.1 Å². The van der Waals surface area contributed by atoms with Crippen LogP contribution in [0.15, 0.2) is 24.3 Å². The Morgan fingerprint density at radius 1 is 1.27 bits per heavy atom. The molecule has 0 radical (unpaired) electrons. The molecule has 0 atom stereocenters. The van der Waals surface area contributed by atoms with Crippen molar-refractivity contribution in [1.29, 1.82) is 0 Å². The van der Waals surface area contributed by atoms with Gasteiger partial charge in [0, 0.05) is 5.02 Å². The van der Waals surface area contributed by atoms with Gasteiger partial charge in [0.1, 0.15) is 12.4 Å². The van der Waals surface area contributed by atoms with E-state index in [1.54, 1.807) is 12.1 Å². The van der Waals surface area contributed by atoms with Crippen molar-refractivity contribution in [1.82, 2.24) is 10.2 Å². The minimum atomic E-state index is 0.352. The van der Waals surface area contributed by atoms with Gasteiger partial charge in [0.2, 0.25) is 4.47 Å². The fraction of sp³-hybridized carbons (Fsp3) is 0.111. The largest absolute Gasteiger partial charge is 0.486 e. The highest BCUT2D eigenvalue weighted by atomic mass is 35.5. The lowest BCUT2D eigenvalue weighted by molar-refractivity contribution is 0.304. The molecule has 0 spiro atoms. The Hall–Kier alpha value is -0.840. The molecule has 2 aromatic rings. The smallest absolute Gasteiger partial charge is 0.207 e. The molecule has 0 aliphatic carbocycles. The van der Waals surface area contributed by atoms with Crippen LogP contribution in [0.25, 0.3) is 0 Å². The van der Waals surface area contributed by atoms with Gasteiger partial charge in [0.15, 0.2) is 5.01 Å². The van der Waals surface area contributed by atoms with Crippen molar-refractivity contribution in [3.63, 3.8) is 0 Å². The molecule has 0 bridgehead atoms. The van der Waals surface area contributed by atoms with Gasteiger partial charge in [-0.1, -0.05) is 29.0 Å². The Labute approximate surface area is 101 Å². The first-order valence-corrected chi connectivity index (χ1v) is 5.67. The highest BCUT2D eigenvalue weighted by Gasteiger charge is 2.02. The van der Waals surface area contributed by atoms with Crippen LogP contribution in [0.5, 0.6) is 5.75 Å². The molecule has 0 amide bonds. The van der Waals surface area contributed by atoms with Crippen LogP contribution >= 0.6 is 34.5 Å². The molecule has 0 aliphatic rings. The Bertz CT molecular complexity index is 461.